The summed E-state index contributed by atoms with van der Waals surface area (Å²) in [5, 5.41) is 3.15. The zero-order chi connectivity index (χ0) is 28.5. The second-order valence-corrected chi connectivity index (χ2v) is 13.1. The first kappa shape index (κ1) is 30.0. The average molecular weight is 674 g/mol. The molecule has 2 amide bonds. The minimum absolute atomic E-state index is 0.100. The molecule has 0 heterocycles. The molecule has 1 saturated carbocycles. The van der Waals surface area contributed by atoms with Crippen LogP contribution in [0.3, 0.4) is 0 Å². The number of rotatable bonds is 12. The molecule has 0 unspecified atom stereocenters. The summed E-state index contributed by atoms with van der Waals surface area (Å²) in [5.41, 5.74) is 1.43. The second kappa shape index (κ2) is 14.1. The maximum atomic E-state index is 14.1. The topological polar surface area (TPSA) is 86.8 Å². The molecule has 0 radical (unpaired) electrons. The molecule has 3 aromatic rings. The van der Waals surface area contributed by atoms with Gasteiger partial charge in [0.15, 0.2) is 0 Å². The van der Waals surface area contributed by atoms with E-state index in [0.29, 0.717) is 25.1 Å². The summed E-state index contributed by atoms with van der Waals surface area (Å²) in [6.07, 6.45) is 5.02. The van der Waals surface area contributed by atoms with Crippen molar-refractivity contribution in [3.8, 4) is 0 Å². The first-order chi connectivity index (χ1) is 19.3. The maximum absolute atomic E-state index is 14.1. The lowest BCUT2D eigenvalue weighted by Crippen LogP contribution is -2.54. The summed E-state index contributed by atoms with van der Waals surface area (Å²) in [6, 6.07) is 24.4. The predicted octanol–water partition coefficient (Wildman–Crippen LogP) is 5.40. The number of carbonyl (C=O) groups is 2. The van der Waals surface area contributed by atoms with Crippen molar-refractivity contribution >= 4 is 50.1 Å². The molecule has 1 fully saturated rings. The van der Waals surface area contributed by atoms with E-state index < -0.39 is 28.5 Å². The fourth-order valence-corrected chi connectivity index (χ4v) is 6.91. The maximum Gasteiger partial charge on any atom is 0.264 e. The van der Waals surface area contributed by atoms with E-state index >= 15 is 0 Å². The number of hydrogen-bond acceptors (Lipinski definition) is 4. The number of amides is 2. The van der Waals surface area contributed by atoms with Crippen LogP contribution >= 0.6 is 22.6 Å². The number of carbonyl (C=O) groups excluding carboxylic acids is 2. The summed E-state index contributed by atoms with van der Waals surface area (Å²) in [5.74, 6) is -0.593. The molecule has 0 aromatic heterocycles. The minimum atomic E-state index is -4.05. The van der Waals surface area contributed by atoms with Gasteiger partial charge in [0.1, 0.15) is 12.6 Å². The van der Waals surface area contributed by atoms with Crippen molar-refractivity contribution in [1.29, 1.82) is 0 Å². The Hall–Kier alpha value is -2.92. The van der Waals surface area contributed by atoms with Crippen LogP contribution in [0.1, 0.15) is 44.6 Å². The van der Waals surface area contributed by atoms with Gasteiger partial charge in [-0.25, -0.2) is 8.42 Å². The highest BCUT2D eigenvalue weighted by Gasteiger charge is 2.34. The van der Waals surface area contributed by atoms with Crippen LogP contribution in [0.15, 0.2) is 89.8 Å². The smallest absolute Gasteiger partial charge is 0.264 e. The van der Waals surface area contributed by atoms with Crippen LogP contribution in [0, 0.1) is 3.57 Å². The number of anilines is 1. The zero-order valence-corrected chi connectivity index (χ0v) is 25.7. The van der Waals surface area contributed by atoms with E-state index in [1.165, 1.54) is 12.1 Å². The van der Waals surface area contributed by atoms with Crippen LogP contribution in [-0.2, 0) is 26.0 Å². The largest absolute Gasteiger partial charge is 0.352 e. The fourth-order valence-electron chi connectivity index (χ4n) is 5.12. The molecular formula is C31H36IN3O4S. The number of sulfonamides is 1. The molecule has 4 rings (SSSR count). The molecule has 40 heavy (non-hydrogen) atoms. The summed E-state index contributed by atoms with van der Waals surface area (Å²) >= 11 is 2.16. The third kappa shape index (κ3) is 7.63. The molecule has 0 saturated heterocycles. The molecule has 1 aliphatic carbocycles. The number of hydrogen-bond donors (Lipinski definition) is 1. The Morgan fingerprint density at radius 3 is 2.12 bits per heavy atom. The number of nitrogens with one attached hydrogen (secondary N) is 1. The first-order valence-electron chi connectivity index (χ1n) is 13.8. The highest BCUT2D eigenvalue weighted by Crippen LogP contribution is 2.25. The summed E-state index contributed by atoms with van der Waals surface area (Å²) in [7, 11) is -4.05. The molecule has 1 aliphatic rings. The minimum Gasteiger partial charge on any atom is -0.352 e. The molecule has 0 aliphatic heterocycles. The van der Waals surface area contributed by atoms with Crippen molar-refractivity contribution in [2.24, 2.45) is 0 Å². The van der Waals surface area contributed by atoms with Gasteiger partial charge in [-0.05, 0) is 90.2 Å². The molecule has 1 N–H and O–H groups in total. The lowest BCUT2D eigenvalue weighted by Gasteiger charge is -2.33. The molecule has 212 valence electrons. The van der Waals surface area contributed by atoms with Gasteiger partial charge in [-0.15, -0.1) is 0 Å². The van der Waals surface area contributed by atoms with E-state index in [1.54, 1.807) is 35.2 Å². The molecule has 3 aromatic carbocycles. The van der Waals surface area contributed by atoms with Gasteiger partial charge in [0.05, 0.1) is 10.6 Å². The fraction of sp³-hybridized carbons (Fsp3) is 0.355. The lowest BCUT2D eigenvalue weighted by molar-refractivity contribution is -0.139. The van der Waals surface area contributed by atoms with Crippen molar-refractivity contribution in [3.05, 3.63) is 94.1 Å². The Morgan fingerprint density at radius 2 is 1.52 bits per heavy atom. The number of halogens is 1. The summed E-state index contributed by atoms with van der Waals surface area (Å²) < 4.78 is 29.8. The van der Waals surface area contributed by atoms with Crippen molar-refractivity contribution in [1.82, 2.24) is 10.2 Å². The third-order valence-corrected chi connectivity index (χ3v) is 9.80. The summed E-state index contributed by atoms with van der Waals surface area (Å²) in [6.45, 7) is 1.77. The van der Waals surface area contributed by atoms with E-state index in [-0.39, 0.29) is 16.8 Å². The van der Waals surface area contributed by atoms with Crippen LogP contribution in [0.2, 0.25) is 0 Å². The van der Waals surface area contributed by atoms with Crippen molar-refractivity contribution in [2.45, 2.75) is 62.4 Å². The van der Waals surface area contributed by atoms with Gasteiger partial charge < -0.3 is 10.2 Å². The predicted molar refractivity (Wildman–Crippen MR) is 166 cm³/mol. The van der Waals surface area contributed by atoms with Crippen LogP contribution in [-0.4, -0.2) is 50.3 Å². The molecule has 9 heteroatoms. The van der Waals surface area contributed by atoms with Gasteiger partial charge in [0.25, 0.3) is 10.0 Å². The van der Waals surface area contributed by atoms with Crippen molar-refractivity contribution in [2.75, 3.05) is 17.4 Å². The molecule has 0 spiro atoms. The lowest BCUT2D eigenvalue weighted by atomic mass is 10.1. The van der Waals surface area contributed by atoms with Gasteiger partial charge in [-0.2, -0.15) is 0 Å². The van der Waals surface area contributed by atoms with Crippen molar-refractivity contribution < 1.29 is 18.0 Å². The second-order valence-electron chi connectivity index (χ2n) is 10.0. The molecule has 0 bridgehead atoms. The Balaban J connectivity index is 1.65. The Kier molecular flexibility index (Phi) is 10.6. The average Bonchev–Trinajstić information content (AvgIpc) is 3.48. The first-order valence-corrected chi connectivity index (χ1v) is 16.3. The SMILES string of the molecule is CC[C@@H](C(=O)NC1CCCC1)N(CCc1ccccc1)C(=O)CN(c1ccc(I)cc1)S(=O)(=O)c1ccccc1. The Bertz CT molecular complexity index is 1360. The van der Waals surface area contributed by atoms with E-state index in [2.05, 4.69) is 27.9 Å². The highest BCUT2D eigenvalue weighted by atomic mass is 127. The van der Waals surface area contributed by atoms with Gasteiger partial charge >= 0.3 is 0 Å². The van der Waals surface area contributed by atoms with E-state index in [4.69, 9.17) is 0 Å². The van der Waals surface area contributed by atoms with Gasteiger partial charge in [-0.1, -0.05) is 68.3 Å². The standard InChI is InChI=1S/C31H36IN3O4S/c1-2-29(31(37)33-26-13-9-10-14-26)34(22-21-24-11-5-3-6-12-24)30(36)23-35(27-19-17-25(32)18-20-27)40(38,39)28-15-7-4-8-16-28/h3-8,11-12,15-20,26,29H,2,9-10,13-14,21-23H2,1H3,(H,33,37)/t29-/m0/s1. The van der Waals surface area contributed by atoms with Gasteiger partial charge in [-0.3, -0.25) is 13.9 Å². The van der Waals surface area contributed by atoms with Crippen LogP contribution < -0.4 is 9.62 Å². The molecular weight excluding hydrogens is 637 g/mol. The van der Waals surface area contributed by atoms with Crippen LogP contribution in [0.4, 0.5) is 5.69 Å². The van der Waals surface area contributed by atoms with E-state index in [0.717, 1.165) is 39.1 Å². The van der Waals surface area contributed by atoms with E-state index in [1.807, 2.05) is 49.4 Å². The number of benzene rings is 3. The number of nitrogens with zero attached hydrogens (tertiary/aromatic N) is 2. The van der Waals surface area contributed by atoms with Crippen molar-refractivity contribution in [3.63, 3.8) is 0 Å². The Labute approximate surface area is 251 Å². The quantitative estimate of drug-likeness (QED) is 0.261. The molecule has 7 nitrogen and oxygen atoms in total. The highest BCUT2D eigenvalue weighted by molar-refractivity contribution is 14.1. The van der Waals surface area contributed by atoms with Crippen LogP contribution in [0.25, 0.3) is 0 Å². The normalized spacial score (nSPS) is 14.4. The van der Waals surface area contributed by atoms with Crippen LogP contribution in [0.5, 0.6) is 0 Å². The monoisotopic (exact) mass is 673 g/mol. The molecule has 1 atom stereocenters. The van der Waals surface area contributed by atoms with E-state index in [9.17, 15) is 18.0 Å². The van der Waals surface area contributed by atoms with Gasteiger partial charge in [0.2, 0.25) is 11.8 Å². The summed E-state index contributed by atoms with van der Waals surface area (Å²) in [4.78, 5) is 29.2. The van der Waals surface area contributed by atoms with Gasteiger partial charge in [0, 0.05) is 16.2 Å². The zero-order valence-electron chi connectivity index (χ0n) is 22.7. The Morgan fingerprint density at radius 1 is 0.925 bits per heavy atom. The third-order valence-electron chi connectivity index (χ3n) is 7.30.